The molecule has 0 aliphatic rings. The van der Waals surface area contributed by atoms with Crippen LogP contribution in [0, 0.1) is 0 Å². The number of hydrogen-bond acceptors (Lipinski definition) is 9. The fraction of sp³-hybridized carbons (Fsp3) is 0.161. The lowest BCUT2D eigenvalue weighted by atomic mass is 10.2. The zero-order chi connectivity index (χ0) is 30.0. The van der Waals surface area contributed by atoms with Crippen molar-refractivity contribution in [3.05, 3.63) is 102 Å². The second kappa shape index (κ2) is 14.1. The molecule has 0 bridgehead atoms. The maximum atomic E-state index is 12.0. The Balaban J connectivity index is 2.27. The lowest BCUT2D eigenvalue weighted by Crippen LogP contribution is -2.11. The van der Waals surface area contributed by atoms with E-state index in [0.29, 0.717) is 11.1 Å². The molecule has 2 aromatic rings. The first kappa shape index (κ1) is 31.0. The van der Waals surface area contributed by atoms with E-state index in [-0.39, 0.29) is 51.9 Å². The highest BCUT2D eigenvalue weighted by Gasteiger charge is 2.13. The Kier molecular flexibility index (Phi) is 10.9. The topological polar surface area (TPSA) is 114 Å². The van der Waals surface area contributed by atoms with E-state index >= 15 is 0 Å². The van der Waals surface area contributed by atoms with Crippen LogP contribution < -0.4 is 18.9 Å². The molecule has 2 rings (SSSR count). The highest BCUT2D eigenvalue weighted by Crippen LogP contribution is 2.27. The largest absolute Gasteiger partial charge is 0.496 e. The molecular weight excluding hydrogens is 516 g/mol. The Morgan fingerprint density at radius 2 is 0.900 bits per heavy atom. The summed E-state index contributed by atoms with van der Waals surface area (Å²) in [5.41, 5.74) is 1.76. The van der Waals surface area contributed by atoms with Crippen molar-refractivity contribution in [2.24, 2.45) is 0 Å². The van der Waals surface area contributed by atoms with E-state index in [0.717, 1.165) is 0 Å². The number of carbonyl (C=O) groups excluding carboxylic acids is 4. The molecule has 0 N–H and O–H groups in total. The molecule has 0 heterocycles. The molecule has 9 nitrogen and oxygen atoms in total. The zero-order valence-electron chi connectivity index (χ0n) is 22.8. The highest BCUT2D eigenvalue weighted by atomic mass is 16.6. The van der Waals surface area contributed by atoms with Crippen LogP contribution in [0.5, 0.6) is 23.0 Å². The van der Waals surface area contributed by atoms with E-state index in [4.69, 9.17) is 23.7 Å². The van der Waals surface area contributed by atoms with Gasteiger partial charge < -0.3 is 23.7 Å². The van der Waals surface area contributed by atoms with Crippen LogP contribution in [-0.2, 0) is 30.5 Å². The normalized spacial score (nSPS) is 10.3. The fourth-order valence-corrected chi connectivity index (χ4v) is 2.69. The minimum absolute atomic E-state index is 0.00553. The third kappa shape index (κ3) is 9.94. The minimum Gasteiger partial charge on any atom is -0.496 e. The fourth-order valence-electron chi connectivity index (χ4n) is 2.69. The quantitative estimate of drug-likeness (QED) is 0.141. The molecule has 0 radical (unpaired) electrons. The van der Waals surface area contributed by atoms with E-state index in [2.05, 4.69) is 26.3 Å². The van der Waals surface area contributed by atoms with E-state index in [1.54, 1.807) is 18.2 Å². The first-order valence-corrected chi connectivity index (χ1v) is 11.8. The summed E-state index contributed by atoms with van der Waals surface area (Å²) in [7, 11) is 0. The summed E-state index contributed by atoms with van der Waals surface area (Å²) in [5.74, 6) is -2.10. The smallest absolute Gasteiger partial charge is 0.338 e. The molecule has 0 saturated heterocycles. The Bertz CT molecular complexity index is 1330. The molecule has 9 heteroatoms. The van der Waals surface area contributed by atoms with Gasteiger partial charge in [-0.25, -0.2) is 19.2 Å². The van der Waals surface area contributed by atoms with Crippen LogP contribution in [-0.4, -0.2) is 23.9 Å². The van der Waals surface area contributed by atoms with E-state index in [9.17, 15) is 19.2 Å². The predicted molar refractivity (Wildman–Crippen MR) is 149 cm³/mol. The molecule has 0 fully saturated rings. The van der Waals surface area contributed by atoms with Crippen molar-refractivity contribution in [3.8, 4) is 23.0 Å². The van der Waals surface area contributed by atoms with Gasteiger partial charge in [-0.15, -0.1) is 0 Å². The second-order valence-electron chi connectivity index (χ2n) is 8.84. The molecule has 0 unspecified atom stereocenters. The van der Waals surface area contributed by atoms with Crippen LogP contribution in [0.4, 0.5) is 0 Å². The van der Waals surface area contributed by atoms with Gasteiger partial charge in [0.25, 0.3) is 0 Å². The second-order valence-corrected chi connectivity index (χ2v) is 8.84. The highest BCUT2D eigenvalue weighted by molar-refractivity contribution is 5.91. The van der Waals surface area contributed by atoms with Gasteiger partial charge in [0, 0.05) is 34.4 Å². The third-order valence-corrected chi connectivity index (χ3v) is 4.68. The van der Waals surface area contributed by atoms with Gasteiger partial charge in [0.05, 0.1) is 6.26 Å². The monoisotopic (exact) mass is 546 g/mol. The number of carbonyl (C=O) groups is 4. The Morgan fingerprint density at radius 3 is 1.23 bits per heavy atom. The van der Waals surface area contributed by atoms with Crippen LogP contribution in [0.1, 0.15) is 38.8 Å². The molecule has 0 atom stereocenters. The van der Waals surface area contributed by atoms with Gasteiger partial charge in [0.1, 0.15) is 29.6 Å². The molecule has 40 heavy (non-hydrogen) atoms. The van der Waals surface area contributed by atoms with Gasteiger partial charge >= 0.3 is 23.9 Å². The lowest BCUT2D eigenvalue weighted by molar-refractivity contribution is -0.131. The maximum Gasteiger partial charge on any atom is 0.338 e. The summed E-state index contributed by atoms with van der Waals surface area (Å²) in [6.45, 7) is 20.2. The van der Waals surface area contributed by atoms with E-state index in [1.807, 2.05) is 0 Å². The molecular formula is C31H30O9. The van der Waals surface area contributed by atoms with Gasteiger partial charge in [-0.1, -0.05) is 26.3 Å². The zero-order valence-corrected chi connectivity index (χ0v) is 22.8. The molecule has 0 saturated carbocycles. The molecule has 208 valence electrons. The predicted octanol–water partition coefficient (Wildman–Crippen LogP) is 5.80. The van der Waals surface area contributed by atoms with E-state index < -0.39 is 23.9 Å². The number of benzene rings is 2. The SMILES string of the molecule is C=C(C)C(=O)Oc1cc(/C=C/OCc2cc(OC(=O)C(=C)C)cc(OC(=O)C(=C)C)c2)cc(OC(=O)C(=C)C)c1. The Labute approximate surface area is 232 Å². The number of hydrogen-bond donors (Lipinski definition) is 0. The molecule has 2 aromatic carbocycles. The average Bonchev–Trinajstić information content (AvgIpc) is 2.86. The third-order valence-electron chi connectivity index (χ3n) is 4.68. The number of rotatable bonds is 12. The Morgan fingerprint density at radius 1 is 0.575 bits per heavy atom. The summed E-state index contributed by atoms with van der Waals surface area (Å²) in [5, 5.41) is 0. The van der Waals surface area contributed by atoms with Crippen molar-refractivity contribution in [1.29, 1.82) is 0 Å². The Hall–Kier alpha value is -5.18. The number of ether oxygens (including phenoxy) is 5. The van der Waals surface area contributed by atoms with Crippen LogP contribution in [0.3, 0.4) is 0 Å². The van der Waals surface area contributed by atoms with Gasteiger partial charge in [-0.3, -0.25) is 0 Å². The molecule has 0 aliphatic heterocycles. The van der Waals surface area contributed by atoms with Crippen molar-refractivity contribution in [2.75, 3.05) is 0 Å². The molecule has 0 aromatic heterocycles. The minimum atomic E-state index is -0.648. The van der Waals surface area contributed by atoms with Crippen molar-refractivity contribution < 1.29 is 42.9 Å². The van der Waals surface area contributed by atoms with Gasteiger partial charge in [-0.2, -0.15) is 0 Å². The summed E-state index contributed by atoms with van der Waals surface area (Å²) in [6, 6.07) is 8.91. The molecule has 0 amide bonds. The van der Waals surface area contributed by atoms with Crippen LogP contribution in [0.25, 0.3) is 6.08 Å². The van der Waals surface area contributed by atoms with Crippen molar-refractivity contribution in [2.45, 2.75) is 34.3 Å². The maximum absolute atomic E-state index is 12.0. The molecule has 0 aliphatic carbocycles. The number of esters is 4. The van der Waals surface area contributed by atoms with Crippen molar-refractivity contribution in [3.63, 3.8) is 0 Å². The van der Waals surface area contributed by atoms with Crippen molar-refractivity contribution >= 4 is 30.0 Å². The summed E-state index contributed by atoms with van der Waals surface area (Å²) < 4.78 is 26.7. The van der Waals surface area contributed by atoms with Gasteiger partial charge in [0.2, 0.25) is 0 Å². The van der Waals surface area contributed by atoms with Crippen molar-refractivity contribution in [1.82, 2.24) is 0 Å². The summed E-state index contributed by atoms with van der Waals surface area (Å²) >= 11 is 0. The first-order chi connectivity index (χ1) is 18.7. The average molecular weight is 547 g/mol. The van der Waals surface area contributed by atoms with Crippen LogP contribution >= 0.6 is 0 Å². The van der Waals surface area contributed by atoms with Gasteiger partial charge in [-0.05, 0) is 69.2 Å². The van der Waals surface area contributed by atoms with E-state index in [1.165, 1.54) is 58.2 Å². The lowest BCUT2D eigenvalue weighted by Gasteiger charge is -2.11. The summed E-state index contributed by atoms with van der Waals surface area (Å²) in [6.07, 6.45) is 2.90. The first-order valence-electron chi connectivity index (χ1n) is 11.8. The standard InChI is InChI=1S/C31H30O9/c1-18(2)28(32)37-24-11-22(12-25(15-24)38-29(33)19(3)4)9-10-36-17-23-13-26(39-30(34)20(5)6)16-27(14-23)40-31(35)21(7)8/h9-16H,1,3,5,7,17H2,2,4,6,8H3/b10-9+. The molecule has 0 spiro atoms. The van der Waals surface area contributed by atoms with Gasteiger partial charge in [0.15, 0.2) is 0 Å². The van der Waals surface area contributed by atoms with Crippen LogP contribution in [0.15, 0.2) is 91.3 Å². The van der Waals surface area contributed by atoms with Crippen LogP contribution in [0.2, 0.25) is 0 Å². The summed E-state index contributed by atoms with van der Waals surface area (Å²) in [4.78, 5) is 47.9.